The summed E-state index contributed by atoms with van der Waals surface area (Å²) in [5.74, 6) is 0. The van der Waals surface area contributed by atoms with E-state index in [9.17, 15) is 4.79 Å². The smallest absolute Gasteiger partial charge is 0.336 e. The predicted molar refractivity (Wildman–Crippen MR) is 107 cm³/mol. The molecule has 1 aliphatic heterocycles. The first kappa shape index (κ1) is 17.9. The van der Waals surface area contributed by atoms with Gasteiger partial charge in [-0.15, -0.1) is 0 Å². The molecule has 4 rings (SSSR count). The zero-order valence-corrected chi connectivity index (χ0v) is 15.9. The van der Waals surface area contributed by atoms with Gasteiger partial charge in [-0.05, 0) is 54.8 Å². The molecule has 0 atom stereocenters. The lowest BCUT2D eigenvalue weighted by molar-refractivity contribution is 0.121. The number of piperazine rings is 1. The van der Waals surface area contributed by atoms with Crippen LogP contribution in [0.25, 0.3) is 11.0 Å². The number of pyridine rings is 1. The van der Waals surface area contributed by atoms with Crippen LogP contribution in [0.3, 0.4) is 0 Å². The molecule has 140 valence electrons. The van der Waals surface area contributed by atoms with Crippen molar-refractivity contribution in [1.29, 1.82) is 0 Å². The first-order valence-corrected chi connectivity index (χ1v) is 9.47. The van der Waals surface area contributed by atoms with Crippen LogP contribution >= 0.6 is 0 Å². The molecule has 0 N–H and O–H groups in total. The normalized spacial score (nSPS) is 16.1. The van der Waals surface area contributed by atoms with E-state index in [0.29, 0.717) is 5.58 Å². The quantitative estimate of drug-likeness (QED) is 0.667. The van der Waals surface area contributed by atoms with E-state index < -0.39 is 0 Å². The van der Waals surface area contributed by atoms with Crippen LogP contribution < -0.4 is 5.63 Å². The van der Waals surface area contributed by atoms with E-state index in [-0.39, 0.29) is 5.63 Å². The van der Waals surface area contributed by atoms with Crippen LogP contribution in [0.15, 0.2) is 51.8 Å². The minimum Gasteiger partial charge on any atom is -0.423 e. The first-order valence-electron chi connectivity index (χ1n) is 9.47. The minimum absolute atomic E-state index is 0.269. The number of aryl methyl sites for hydroxylation is 2. The summed E-state index contributed by atoms with van der Waals surface area (Å²) < 4.78 is 5.42. The van der Waals surface area contributed by atoms with Crippen molar-refractivity contribution >= 4 is 11.0 Å². The Morgan fingerprint density at radius 1 is 0.963 bits per heavy atom. The number of aromatic nitrogens is 1. The first-order chi connectivity index (χ1) is 13.1. The second-order valence-electron chi connectivity index (χ2n) is 7.40. The molecule has 1 aliphatic rings. The van der Waals surface area contributed by atoms with E-state index in [0.717, 1.165) is 61.5 Å². The third-order valence-electron chi connectivity index (χ3n) is 5.42. The second kappa shape index (κ2) is 7.62. The number of nitrogens with zero attached hydrogens (tertiary/aromatic N) is 3. The SMILES string of the molecule is Cc1cc2oc(=O)cc(CN3CCN(Cc4ccccn4)CC3)c2cc1C. The van der Waals surface area contributed by atoms with Crippen LogP contribution in [0.4, 0.5) is 0 Å². The van der Waals surface area contributed by atoms with Crippen molar-refractivity contribution in [2.75, 3.05) is 26.2 Å². The molecule has 27 heavy (non-hydrogen) atoms. The highest BCUT2D eigenvalue weighted by molar-refractivity contribution is 5.81. The lowest BCUT2D eigenvalue weighted by Gasteiger charge is -2.34. The maximum atomic E-state index is 12.0. The van der Waals surface area contributed by atoms with E-state index in [2.05, 4.69) is 33.8 Å². The Balaban J connectivity index is 1.46. The molecular weight excluding hydrogens is 338 g/mol. The van der Waals surface area contributed by atoms with Gasteiger partial charge < -0.3 is 4.42 Å². The van der Waals surface area contributed by atoms with Gasteiger partial charge in [-0.3, -0.25) is 14.8 Å². The van der Waals surface area contributed by atoms with E-state index >= 15 is 0 Å². The van der Waals surface area contributed by atoms with Crippen molar-refractivity contribution in [2.45, 2.75) is 26.9 Å². The van der Waals surface area contributed by atoms with Crippen LogP contribution in [0.1, 0.15) is 22.4 Å². The third kappa shape index (κ3) is 4.10. The van der Waals surface area contributed by atoms with Gasteiger partial charge in [0.25, 0.3) is 0 Å². The van der Waals surface area contributed by atoms with Crippen LogP contribution in [0.5, 0.6) is 0 Å². The van der Waals surface area contributed by atoms with E-state index in [1.54, 1.807) is 6.07 Å². The van der Waals surface area contributed by atoms with Gasteiger partial charge >= 0.3 is 5.63 Å². The topological polar surface area (TPSA) is 49.6 Å². The van der Waals surface area contributed by atoms with Crippen molar-refractivity contribution < 1.29 is 4.42 Å². The van der Waals surface area contributed by atoms with Crippen LogP contribution in [-0.2, 0) is 13.1 Å². The third-order valence-corrected chi connectivity index (χ3v) is 5.42. The fourth-order valence-electron chi connectivity index (χ4n) is 3.68. The largest absolute Gasteiger partial charge is 0.423 e. The Kier molecular flexibility index (Phi) is 5.05. The van der Waals surface area contributed by atoms with Gasteiger partial charge in [-0.2, -0.15) is 0 Å². The van der Waals surface area contributed by atoms with Gasteiger partial charge in [-0.25, -0.2) is 4.79 Å². The van der Waals surface area contributed by atoms with Crippen molar-refractivity contribution in [3.05, 3.63) is 75.4 Å². The highest BCUT2D eigenvalue weighted by Crippen LogP contribution is 2.23. The molecule has 0 unspecified atom stereocenters. The highest BCUT2D eigenvalue weighted by atomic mass is 16.4. The molecule has 5 nitrogen and oxygen atoms in total. The molecule has 0 spiro atoms. The molecular formula is C22H25N3O2. The van der Waals surface area contributed by atoms with E-state index in [1.165, 1.54) is 5.56 Å². The zero-order valence-electron chi connectivity index (χ0n) is 15.9. The van der Waals surface area contributed by atoms with Crippen LogP contribution in [0, 0.1) is 13.8 Å². The molecule has 0 amide bonds. The lowest BCUT2D eigenvalue weighted by Crippen LogP contribution is -2.45. The molecule has 1 aromatic carbocycles. The molecule has 1 saturated heterocycles. The summed E-state index contributed by atoms with van der Waals surface area (Å²) in [7, 11) is 0. The average Bonchev–Trinajstić information content (AvgIpc) is 2.66. The monoisotopic (exact) mass is 363 g/mol. The fraction of sp³-hybridized carbons (Fsp3) is 0.364. The Labute approximate surface area is 159 Å². The van der Waals surface area contributed by atoms with Crippen LogP contribution in [-0.4, -0.2) is 41.0 Å². The van der Waals surface area contributed by atoms with Crippen molar-refractivity contribution in [1.82, 2.24) is 14.8 Å². The van der Waals surface area contributed by atoms with Crippen molar-refractivity contribution in [3.8, 4) is 0 Å². The molecule has 0 aliphatic carbocycles. The van der Waals surface area contributed by atoms with Crippen molar-refractivity contribution in [3.63, 3.8) is 0 Å². The summed E-state index contributed by atoms with van der Waals surface area (Å²) in [6.45, 7) is 9.80. The van der Waals surface area contributed by atoms with Gasteiger partial charge in [0.2, 0.25) is 0 Å². The van der Waals surface area contributed by atoms with Gasteiger partial charge in [0.15, 0.2) is 0 Å². The summed E-state index contributed by atoms with van der Waals surface area (Å²) in [4.78, 5) is 21.3. The van der Waals surface area contributed by atoms with Gasteiger partial charge in [0.05, 0.1) is 5.69 Å². The lowest BCUT2D eigenvalue weighted by atomic mass is 10.0. The Morgan fingerprint density at radius 2 is 1.67 bits per heavy atom. The average molecular weight is 363 g/mol. The summed E-state index contributed by atoms with van der Waals surface area (Å²) >= 11 is 0. The maximum Gasteiger partial charge on any atom is 0.336 e. The molecule has 1 fully saturated rings. The molecule has 0 bridgehead atoms. The van der Waals surface area contributed by atoms with Crippen LogP contribution in [0.2, 0.25) is 0 Å². The minimum atomic E-state index is -0.269. The second-order valence-corrected chi connectivity index (χ2v) is 7.40. The predicted octanol–water partition coefficient (Wildman–Crippen LogP) is 3.12. The Hall–Kier alpha value is -2.50. The number of hydrogen-bond acceptors (Lipinski definition) is 5. The molecule has 2 aromatic heterocycles. The van der Waals surface area contributed by atoms with Crippen molar-refractivity contribution in [2.24, 2.45) is 0 Å². The maximum absolute atomic E-state index is 12.0. The number of rotatable bonds is 4. The van der Waals surface area contributed by atoms with Gasteiger partial charge in [0, 0.05) is 56.9 Å². The number of fused-ring (bicyclic) bond motifs is 1. The molecule has 3 heterocycles. The number of hydrogen-bond donors (Lipinski definition) is 0. The Bertz CT molecular complexity index is 990. The fourth-order valence-corrected chi connectivity index (χ4v) is 3.68. The van der Waals surface area contributed by atoms with E-state index in [1.807, 2.05) is 31.3 Å². The summed E-state index contributed by atoms with van der Waals surface area (Å²) in [5, 5.41) is 1.05. The highest BCUT2D eigenvalue weighted by Gasteiger charge is 2.19. The summed E-state index contributed by atoms with van der Waals surface area (Å²) in [6, 6.07) is 11.8. The molecule has 0 saturated carbocycles. The summed E-state index contributed by atoms with van der Waals surface area (Å²) in [5.41, 5.74) is 4.96. The Morgan fingerprint density at radius 3 is 2.37 bits per heavy atom. The molecule has 3 aromatic rings. The standard InChI is InChI=1S/C22H25N3O2/c1-16-11-20-18(13-22(26)27-21(20)12-17(16)2)14-24-7-9-25(10-8-24)15-19-5-3-4-6-23-19/h3-6,11-13H,7-10,14-15H2,1-2H3. The van der Waals surface area contributed by atoms with Gasteiger partial charge in [0.1, 0.15) is 5.58 Å². The summed E-state index contributed by atoms with van der Waals surface area (Å²) in [6.07, 6.45) is 1.85. The zero-order chi connectivity index (χ0) is 18.8. The number of benzene rings is 1. The van der Waals surface area contributed by atoms with E-state index in [4.69, 9.17) is 4.42 Å². The molecule has 0 radical (unpaired) electrons. The van der Waals surface area contributed by atoms with Gasteiger partial charge in [-0.1, -0.05) is 6.07 Å². The molecule has 5 heteroatoms.